The van der Waals surface area contributed by atoms with Crippen molar-refractivity contribution in [3.63, 3.8) is 0 Å². The fraction of sp³-hybridized carbons (Fsp3) is 0.222. The van der Waals surface area contributed by atoms with E-state index in [4.69, 9.17) is 79.5 Å². The van der Waals surface area contributed by atoms with E-state index in [2.05, 4.69) is 0 Å². The van der Waals surface area contributed by atoms with E-state index in [1.807, 2.05) is 0 Å². The standard InChI is InChI=1S/C81H71O34P3/c82-46-58-61(104-70(83)49-28-10-1-11-29-49)64(107-73(86)52-34-16-4-17-35-52)68(111-77(90)56-42-24-8-25-43-56)80(101-58)114-117(95,96)100-48-60-63(106-72(85)51-32-14-3-15-33-51)66(109-75(88)54-38-20-6-21-39-54)69(112-78(91)57-44-26-9-27-45-57)81(103-60)115-118(97,98)99-47-59-62(105-71(84)50-30-12-2-13-31-50)65(108-74(87)53-36-18-5-19-37-53)67(79(102-59)113-116(92,93)94)110-76(89)55-40-22-7-23-41-55/h1-45,58-69,79-82H,46-48H2,(H,95,96)(H,97,98)(H2,92,93,94)/t58-,59+,60+,61+,62+,63+,64-,65-,66+,67+,68-,69+,79-,80+,81-/m0/s1. The number of carbonyl (C=O) groups excluding carboxylic acids is 9. The minimum Gasteiger partial charge on any atom is -0.452 e. The molecule has 3 aliphatic heterocycles. The van der Waals surface area contributed by atoms with Gasteiger partial charge in [0.1, 0.15) is 18.3 Å². The lowest BCUT2D eigenvalue weighted by atomic mass is 9.98. The van der Waals surface area contributed by atoms with Gasteiger partial charge in [-0.1, -0.05) is 164 Å². The molecular formula is C81H71O34P3. The highest BCUT2D eigenvalue weighted by Gasteiger charge is 2.60. The van der Waals surface area contributed by atoms with Crippen molar-refractivity contribution in [3.8, 4) is 0 Å². The minimum atomic E-state index is -6.25. The zero-order valence-electron chi connectivity index (χ0n) is 61.2. The van der Waals surface area contributed by atoms with Crippen LogP contribution in [-0.2, 0) is 93.2 Å². The number of ether oxygens (including phenoxy) is 12. The van der Waals surface area contributed by atoms with E-state index in [0.717, 1.165) is 0 Å². The second kappa shape index (κ2) is 39.6. The SMILES string of the molecule is O=C(O[C@@H]1[C@H](OC(=O)c2ccccc2)[C@@H](OP(=O)(O)OC[C@H]2O[C@@H](OP(=O)(O)OC[C@H]3O[C@@H](OP(=O)(O)O)[C@H](OC(=O)c4ccccc4)[C@@H](OC(=O)c4ccccc4)[C@@H]3OC(=O)c3ccccc3)[C@H](OC(=O)c3ccccc3)[C@H](OC(=O)c3ccccc3)[C@@H]2OC(=O)c2ccccc2)O[C@@H](CO)[C@H]1OC(=O)c1ccccc1)c1ccccc1. The number of hydrogen-bond donors (Lipinski definition) is 5. The third kappa shape index (κ3) is 22.8. The molecule has 3 aliphatic rings. The Kier molecular flexibility index (Phi) is 28.7. The lowest BCUT2D eigenvalue weighted by Gasteiger charge is -2.45. The Balaban J connectivity index is 0.928. The Hall–Kier alpha value is -11.6. The van der Waals surface area contributed by atoms with E-state index < -0.39 is 189 Å². The smallest absolute Gasteiger partial charge is 0.452 e. The van der Waals surface area contributed by atoms with Gasteiger partial charge in [0, 0.05) is 0 Å². The summed E-state index contributed by atoms with van der Waals surface area (Å²) in [4.78, 5) is 174. The monoisotopic (exact) mass is 1680 g/mol. The highest BCUT2D eigenvalue weighted by molar-refractivity contribution is 7.47. The Bertz CT molecular complexity index is 5090. The molecule has 614 valence electrons. The second-order valence-electron chi connectivity index (χ2n) is 25.8. The number of benzene rings is 9. The number of phosphoric acid groups is 3. The summed E-state index contributed by atoms with van der Waals surface area (Å²) < 4.78 is 143. The quantitative estimate of drug-likeness (QED) is 0.0153. The Morgan fingerprint density at radius 1 is 0.246 bits per heavy atom. The van der Waals surface area contributed by atoms with Crippen molar-refractivity contribution in [2.24, 2.45) is 0 Å². The van der Waals surface area contributed by atoms with Crippen LogP contribution in [-0.4, -0.2) is 190 Å². The highest BCUT2D eigenvalue weighted by Crippen LogP contribution is 2.52. The molecule has 0 bridgehead atoms. The molecule has 0 spiro atoms. The fourth-order valence-electron chi connectivity index (χ4n) is 12.2. The first kappa shape index (κ1) is 85.7. The predicted molar refractivity (Wildman–Crippen MR) is 401 cm³/mol. The summed E-state index contributed by atoms with van der Waals surface area (Å²) in [5.41, 5.74) is -1.77. The van der Waals surface area contributed by atoms with Crippen molar-refractivity contribution in [2.75, 3.05) is 19.8 Å². The van der Waals surface area contributed by atoms with Crippen LogP contribution >= 0.6 is 23.5 Å². The zero-order valence-corrected chi connectivity index (χ0v) is 63.9. The number of carbonyl (C=O) groups is 9. The van der Waals surface area contributed by atoms with Gasteiger partial charge in [0.15, 0.2) is 54.9 Å². The maximum absolute atomic E-state index is 15.3. The zero-order chi connectivity index (χ0) is 83.5. The average molecular weight is 1680 g/mol. The molecule has 2 unspecified atom stereocenters. The molecular weight excluding hydrogens is 1610 g/mol. The third-order valence-corrected chi connectivity index (χ3v) is 20.1. The number of phosphoric ester groups is 3. The van der Waals surface area contributed by atoms with Crippen LogP contribution < -0.4 is 0 Å². The van der Waals surface area contributed by atoms with Gasteiger partial charge in [-0.2, -0.15) is 0 Å². The first-order chi connectivity index (χ1) is 56.8. The molecule has 118 heavy (non-hydrogen) atoms. The van der Waals surface area contributed by atoms with Crippen LogP contribution in [0.2, 0.25) is 0 Å². The largest absolute Gasteiger partial charge is 0.474 e. The Morgan fingerprint density at radius 2 is 0.415 bits per heavy atom. The molecule has 9 aromatic rings. The van der Waals surface area contributed by atoms with Crippen molar-refractivity contribution in [1.29, 1.82) is 0 Å². The molecule has 3 fully saturated rings. The second-order valence-corrected chi connectivity index (χ2v) is 29.8. The molecule has 12 rings (SSSR count). The Labute approximate surface area is 670 Å². The molecule has 3 heterocycles. The summed E-state index contributed by atoms with van der Waals surface area (Å²) >= 11 is 0. The van der Waals surface area contributed by atoms with Crippen molar-refractivity contribution in [2.45, 2.75) is 92.1 Å². The fourth-order valence-corrected chi connectivity index (χ4v) is 14.3. The number of hydrogen-bond acceptors (Lipinski definition) is 30. The number of esters is 9. The summed E-state index contributed by atoms with van der Waals surface area (Å²) in [7, 11) is -18.3. The average Bonchev–Trinajstić information content (AvgIpc) is 0.870. The molecule has 0 radical (unpaired) electrons. The van der Waals surface area contributed by atoms with Crippen LogP contribution in [0, 0.1) is 0 Å². The van der Waals surface area contributed by atoms with E-state index >= 15 is 9.13 Å². The Morgan fingerprint density at radius 3 is 0.610 bits per heavy atom. The lowest BCUT2D eigenvalue weighted by molar-refractivity contribution is -0.286. The molecule has 34 nitrogen and oxygen atoms in total. The molecule has 3 saturated heterocycles. The molecule has 0 aliphatic carbocycles. The van der Waals surface area contributed by atoms with Gasteiger partial charge in [-0.25, -0.2) is 56.8 Å². The minimum absolute atomic E-state index is 0.0780. The van der Waals surface area contributed by atoms with E-state index in [1.54, 1.807) is 18.2 Å². The van der Waals surface area contributed by atoms with Gasteiger partial charge in [-0.15, -0.1) is 0 Å². The lowest BCUT2D eigenvalue weighted by Crippen LogP contribution is -2.63. The number of rotatable bonds is 31. The molecule has 0 aromatic heterocycles. The van der Waals surface area contributed by atoms with Crippen LogP contribution in [0.3, 0.4) is 0 Å². The number of aliphatic hydroxyl groups excluding tert-OH is 1. The van der Waals surface area contributed by atoms with Gasteiger partial charge in [0.25, 0.3) is 0 Å². The van der Waals surface area contributed by atoms with E-state index in [-0.39, 0.29) is 50.1 Å². The molecule has 37 heteroatoms. The first-order valence-electron chi connectivity index (χ1n) is 35.7. The normalized spacial score (nSPS) is 23.9. The van der Waals surface area contributed by atoms with E-state index in [9.17, 15) is 72.4 Å². The summed E-state index contributed by atoms with van der Waals surface area (Å²) in [5, 5.41) is 11.1. The summed E-state index contributed by atoms with van der Waals surface area (Å²) in [5.74, 6) is -11.2. The topological polar surface area (TPSA) is 463 Å². The van der Waals surface area contributed by atoms with Crippen molar-refractivity contribution < 1.29 is 161 Å². The van der Waals surface area contributed by atoms with E-state index in [0.29, 0.717) is 0 Å². The maximum Gasteiger partial charge on any atom is 0.474 e. The van der Waals surface area contributed by atoms with Crippen LogP contribution in [0.15, 0.2) is 273 Å². The van der Waals surface area contributed by atoms with E-state index in [1.165, 1.54) is 255 Å². The molecule has 0 amide bonds. The van der Waals surface area contributed by atoms with Crippen LogP contribution in [0.25, 0.3) is 0 Å². The van der Waals surface area contributed by atoms with Crippen LogP contribution in [0.4, 0.5) is 0 Å². The molecule has 5 N–H and O–H groups in total. The van der Waals surface area contributed by atoms with Gasteiger partial charge in [0.2, 0.25) is 18.9 Å². The van der Waals surface area contributed by atoms with Crippen LogP contribution in [0.1, 0.15) is 93.2 Å². The van der Waals surface area contributed by atoms with Crippen LogP contribution in [0.5, 0.6) is 0 Å². The molecule has 0 saturated carbocycles. The first-order valence-corrected chi connectivity index (χ1v) is 40.3. The summed E-state index contributed by atoms with van der Waals surface area (Å²) in [6.45, 7) is -4.22. The molecule has 9 aromatic carbocycles. The van der Waals surface area contributed by atoms with Gasteiger partial charge < -0.3 is 81.5 Å². The predicted octanol–water partition coefficient (Wildman–Crippen LogP) is 9.56. The number of aliphatic hydroxyl groups is 1. The summed E-state index contributed by atoms with van der Waals surface area (Å²) in [6, 6.07) is 62.5. The molecule has 17 atom stereocenters. The van der Waals surface area contributed by atoms with Gasteiger partial charge >= 0.3 is 77.2 Å². The van der Waals surface area contributed by atoms with Gasteiger partial charge in [-0.05, 0) is 109 Å². The van der Waals surface area contributed by atoms with Crippen molar-refractivity contribution in [1.82, 2.24) is 0 Å². The highest BCUT2D eigenvalue weighted by atomic mass is 31.2. The van der Waals surface area contributed by atoms with Crippen molar-refractivity contribution in [3.05, 3.63) is 323 Å². The van der Waals surface area contributed by atoms with Gasteiger partial charge in [0.05, 0.1) is 69.9 Å². The van der Waals surface area contributed by atoms with Gasteiger partial charge in [-0.3, -0.25) is 22.6 Å². The summed E-state index contributed by atoms with van der Waals surface area (Å²) in [6.07, 6.45) is -35.2. The maximum atomic E-state index is 15.3. The van der Waals surface area contributed by atoms with Crippen molar-refractivity contribution >= 4 is 77.2 Å². The third-order valence-electron chi connectivity index (χ3n) is 17.7.